The lowest BCUT2D eigenvalue weighted by Gasteiger charge is -2.09. The first kappa shape index (κ1) is 13.7. The third-order valence-corrected chi connectivity index (χ3v) is 3.64. The van der Waals surface area contributed by atoms with Gasteiger partial charge in [0.2, 0.25) is 0 Å². The molecule has 19 heavy (non-hydrogen) atoms. The average Bonchev–Trinajstić information content (AvgIpc) is 2.86. The van der Waals surface area contributed by atoms with Gasteiger partial charge in [-0.2, -0.15) is 5.10 Å². The number of hydrogen-bond acceptors (Lipinski definition) is 6. The number of benzene rings is 1. The number of H-pyrrole nitrogens is 1. The summed E-state index contributed by atoms with van der Waals surface area (Å²) in [6.45, 7) is 2.03. The van der Waals surface area contributed by atoms with Gasteiger partial charge in [-0.15, -0.1) is 0 Å². The number of carbonyl (C=O) groups excluding carboxylic acids is 1. The van der Waals surface area contributed by atoms with Crippen LogP contribution in [0.3, 0.4) is 0 Å². The number of hydrogen-bond donors (Lipinski definition) is 2. The Balaban J connectivity index is 2.29. The second-order valence-electron chi connectivity index (χ2n) is 3.49. The van der Waals surface area contributed by atoms with Crippen LogP contribution < -0.4 is 5.73 Å². The Kier molecular flexibility index (Phi) is 4.28. The molecule has 0 aliphatic heterocycles. The van der Waals surface area contributed by atoms with Gasteiger partial charge in [-0.1, -0.05) is 11.6 Å². The number of anilines is 1. The standard InChI is InChI=1S/C11H11ClN4O2S/c1-2-18-10(17)6-3-7(12)9(8(13)4-6)19-11-14-5-15-16-11/h3-5H,2,13H2,1H3,(H,14,15,16). The largest absolute Gasteiger partial charge is 0.462 e. The van der Waals surface area contributed by atoms with Crippen molar-refractivity contribution in [3.63, 3.8) is 0 Å². The molecule has 0 saturated heterocycles. The van der Waals surface area contributed by atoms with Crippen LogP contribution in [-0.2, 0) is 4.74 Å². The molecular weight excluding hydrogens is 288 g/mol. The highest BCUT2D eigenvalue weighted by molar-refractivity contribution is 7.99. The Labute approximate surface area is 118 Å². The smallest absolute Gasteiger partial charge is 0.338 e. The molecule has 0 aliphatic carbocycles. The molecule has 0 bridgehead atoms. The monoisotopic (exact) mass is 298 g/mol. The maximum Gasteiger partial charge on any atom is 0.338 e. The lowest BCUT2D eigenvalue weighted by atomic mass is 10.2. The van der Waals surface area contributed by atoms with Crippen LogP contribution in [0.2, 0.25) is 5.02 Å². The number of nitrogens with zero attached hydrogens (tertiary/aromatic N) is 2. The van der Waals surface area contributed by atoms with Gasteiger partial charge in [-0.3, -0.25) is 5.10 Å². The molecule has 1 heterocycles. The molecule has 0 radical (unpaired) electrons. The van der Waals surface area contributed by atoms with Crippen molar-refractivity contribution in [3.8, 4) is 0 Å². The van der Waals surface area contributed by atoms with E-state index in [9.17, 15) is 4.79 Å². The predicted molar refractivity (Wildman–Crippen MR) is 72.3 cm³/mol. The van der Waals surface area contributed by atoms with E-state index in [1.165, 1.54) is 30.2 Å². The minimum absolute atomic E-state index is 0.297. The van der Waals surface area contributed by atoms with E-state index in [1.807, 2.05) is 0 Å². The van der Waals surface area contributed by atoms with Crippen molar-refractivity contribution in [1.29, 1.82) is 0 Å². The molecule has 0 atom stereocenters. The lowest BCUT2D eigenvalue weighted by molar-refractivity contribution is 0.0526. The van der Waals surface area contributed by atoms with Gasteiger partial charge in [0.15, 0.2) is 5.16 Å². The van der Waals surface area contributed by atoms with Crippen molar-refractivity contribution in [2.24, 2.45) is 0 Å². The van der Waals surface area contributed by atoms with Gasteiger partial charge < -0.3 is 10.5 Å². The number of rotatable bonds is 4. The summed E-state index contributed by atoms with van der Waals surface area (Å²) in [6, 6.07) is 3.05. The number of nitrogens with two attached hydrogens (primary N) is 1. The normalized spacial score (nSPS) is 10.4. The van der Waals surface area contributed by atoms with Gasteiger partial charge in [0, 0.05) is 5.69 Å². The third kappa shape index (κ3) is 3.18. The zero-order valence-corrected chi connectivity index (χ0v) is 11.6. The topological polar surface area (TPSA) is 93.9 Å². The van der Waals surface area contributed by atoms with Crippen LogP contribution in [0.4, 0.5) is 5.69 Å². The predicted octanol–water partition coefficient (Wildman–Crippen LogP) is 2.37. The van der Waals surface area contributed by atoms with E-state index in [-0.39, 0.29) is 0 Å². The fourth-order valence-electron chi connectivity index (χ4n) is 1.39. The Morgan fingerprint density at radius 1 is 1.58 bits per heavy atom. The van der Waals surface area contributed by atoms with Crippen LogP contribution in [0.25, 0.3) is 0 Å². The Morgan fingerprint density at radius 2 is 2.37 bits per heavy atom. The van der Waals surface area contributed by atoms with E-state index in [4.69, 9.17) is 22.1 Å². The molecule has 1 aromatic heterocycles. The second-order valence-corrected chi connectivity index (χ2v) is 4.90. The van der Waals surface area contributed by atoms with Crippen LogP contribution >= 0.6 is 23.4 Å². The number of carbonyl (C=O) groups is 1. The summed E-state index contributed by atoms with van der Waals surface area (Å²) in [6.07, 6.45) is 1.39. The van der Waals surface area contributed by atoms with Crippen molar-refractivity contribution in [2.45, 2.75) is 17.0 Å². The fourth-order valence-corrected chi connectivity index (χ4v) is 2.46. The summed E-state index contributed by atoms with van der Waals surface area (Å²) in [5.41, 5.74) is 6.61. The third-order valence-electron chi connectivity index (χ3n) is 2.18. The van der Waals surface area contributed by atoms with Gasteiger partial charge >= 0.3 is 5.97 Å². The van der Waals surface area contributed by atoms with Gasteiger partial charge in [0.25, 0.3) is 0 Å². The molecule has 6 nitrogen and oxygen atoms in total. The number of halogens is 1. The maximum absolute atomic E-state index is 11.6. The molecule has 0 saturated carbocycles. The summed E-state index contributed by atoms with van der Waals surface area (Å²) < 4.78 is 4.90. The number of nitrogens with one attached hydrogen (secondary N) is 1. The van der Waals surface area contributed by atoms with E-state index in [1.54, 1.807) is 6.92 Å². The molecule has 1 aromatic carbocycles. The summed E-state index contributed by atoms with van der Waals surface area (Å²) in [7, 11) is 0. The number of esters is 1. The summed E-state index contributed by atoms with van der Waals surface area (Å²) in [5.74, 6) is -0.452. The Bertz CT molecular complexity index is 565. The quantitative estimate of drug-likeness (QED) is 0.665. The lowest BCUT2D eigenvalue weighted by Crippen LogP contribution is -2.06. The van der Waals surface area contributed by atoms with Crippen LogP contribution in [0.5, 0.6) is 0 Å². The highest BCUT2D eigenvalue weighted by Crippen LogP contribution is 2.36. The van der Waals surface area contributed by atoms with Crippen molar-refractivity contribution in [3.05, 3.63) is 29.0 Å². The van der Waals surface area contributed by atoms with E-state index in [2.05, 4.69) is 15.2 Å². The summed E-state index contributed by atoms with van der Waals surface area (Å²) in [4.78, 5) is 16.2. The fraction of sp³-hybridized carbons (Fsp3) is 0.182. The molecular formula is C11H11ClN4O2S. The molecule has 0 spiro atoms. The Morgan fingerprint density at radius 3 is 2.95 bits per heavy atom. The first-order valence-electron chi connectivity index (χ1n) is 5.41. The zero-order valence-electron chi connectivity index (χ0n) is 10.0. The van der Waals surface area contributed by atoms with Gasteiger partial charge in [0.1, 0.15) is 6.33 Å². The van der Waals surface area contributed by atoms with Gasteiger partial charge in [-0.25, -0.2) is 9.78 Å². The molecule has 0 unspecified atom stereocenters. The Hall–Kier alpha value is -1.73. The molecule has 100 valence electrons. The van der Waals surface area contributed by atoms with Crippen molar-refractivity contribution >= 4 is 35.0 Å². The highest BCUT2D eigenvalue weighted by atomic mass is 35.5. The summed E-state index contributed by atoms with van der Waals surface area (Å²) in [5, 5.41) is 7.36. The van der Waals surface area contributed by atoms with Crippen molar-refractivity contribution < 1.29 is 9.53 Å². The number of aromatic amines is 1. The first-order chi connectivity index (χ1) is 9.11. The van der Waals surface area contributed by atoms with Crippen LogP contribution in [0, 0.1) is 0 Å². The minimum Gasteiger partial charge on any atom is -0.462 e. The molecule has 2 aromatic rings. The first-order valence-corrected chi connectivity index (χ1v) is 6.60. The summed E-state index contributed by atoms with van der Waals surface area (Å²) >= 11 is 7.37. The van der Waals surface area contributed by atoms with Gasteiger partial charge in [0.05, 0.1) is 22.1 Å². The number of ether oxygens (including phenoxy) is 1. The molecule has 2 rings (SSSR count). The molecule has 0 amide bonds. The molecule has 3 N–H and O–H groups in total. The van der Waals surface area contributed by atoms with Gasteiger partial charge in [-0.05, 0) is 30.8 Å². The van der Waals surface area contributed by atoms with Crippen molar-refractivity contribution in [1.82, 2.24) is 15.2 Å². The highest BCUT2D eigenvalue weighted by Gasteiger charge is 2.15. The van der Waals surface area contributed by atoms with Crippen LogP contribution in [-0.4, -0.2) is 27.8 Å². The molecule has 8 heteroatoms. The minimum atomic E-state index is -0.452. The molecule has 0 aliphatic rings. The average molecular weight is 299 g/mol. The SMILES string of the molecule is CCOC(=O)c1cc(N)c(Sc2ncn[nH]2)c(Cl)c1. The number of nitrogen functional groups attached to an aromatic ring is 1. The molecule has 0 fully saturated rings. The maximum atomic E-state index is 11.6. The zero-order chi connectivity index (χ0) is 13.8. The van der Waals surface area contributed by atoms with E-state index >= 15 is 0 Å². The number of aromatic nitrogens is 3. The van der Waals surface area contributed by atoms with Crippen LogP contribution in [0.15, 0.2) is 28.5 Å². The van der Waals surface area contributed by atoms with Crippen molar-refractivity contribution in [2.75, 3.05) is 12.3 Å². The van der Waals surface area contributed by atoms with E-state index < -0.39 is 5.97 Å². The van der Waals surface area contributed by atoms with Crippen LogP contribution in [0.1, 0.15) is 17.3 Å². The van der Waals surface area contributed by atoms with E-state index in [0.717, 1.165) is 0 Å². The van der Waals surface area contributed by atoms with E-state index in [0.29, 0.717) is 32.9 Å². The second kappa shape index (κ2) is 5.94.